The highest BCUT2D eigenvalue weighted by molar-refractivity contribution is 5.69. The lowest BCUT2D eigenvalue weighted by Crippen LogP contribution is -2.48. The molecule has 1 saturated carbocycles. The Bertz CT molecular complexity index is 314. The zero-order chi connectivity index (χ0) is 15.2. The second kappa shape index (κ2) is 7.65. The van der Waals surface area contributed by atoms with Crippen LogP contribution in [0.5, 0.6) is 0 Å². The molecule has 1 aliphatic rings. The number of hydrogen-bond acceptors (Lipinski definition) is 3. The Morgan fingerprint density at radius 2 is 1.80 bits per heavy atom. The quantitative estimate of drug-likeness (QED) is 0.580. The minimum absolute atomic E-state index is 0.0922. The van der Waals surface area contributed by atoms with E-state index in [4.69, 9.17) is 4.74 Å². The van der Waals surface area contributed by atoms with Crippen LogP contribution in [0.25, 0.3) is 0 Å². The Hall–Kier alpha value is -1.06. The highest BCUT2D eigenvalue weighted by Gasteiger charge is 2.32. The molecule has 20 heavy (non-hydrogen) atoms. The monoisotopic (exact) mass is 283 g/mol. The summed E-state index contributed by atoms with van der Waals surface area (Å²) in [7, 11) is 0. The fraction of sp³-hybridized carbons (Fsp3) is 0.875. The van der Waals surface area contributed by atoms with Gasteiger partial charge in [-0.1, -0.05) is 25.7 Å². The molecular formula is C16H29NO3. The van der Waals surface area contributed by atoms with Crippen LogP contribution >= 0.6 is 0 Å². The Kier molecular flexibility index (Phi) is 6.50. The number of carbonyl (C=O) groups excluding carboxylic acids is 2. The smallest absolute Gasteiger partial charge is 0.410 e. The zero-order valence-corrected chi connectivity index (χ0v) is 13.4. The van der Waals surface area contributed by atoms with Gasteiger partial charge < -0.3 is 14.4 Å². The van der Waals surface area contributed by atoms with Gasteiger partial charge in [0.2, 0.25) is 0 Å². The second-order valence-corrected chi connectivity index (χ2v) is 6.78. The van der Waals surface area contributed by atoms with E-state index < -0.39 is 5.60 Å². The van der Waals surface area contributed by atoms with Crippen LogP contribution in [-0.4, -0.2) is 35.0 Å². The molecule has 0 N–H and O–H groups in total. The summed E-state index contributed by atoms with van der Waals surface area (Å²) in [4.78, 5) is 25.1. The fourth-order valence-electron chi connectivity index (χ4n) is 2.79. The molecule has 0 heterocycles. The molecule has 0 saturated heterocycles. The van der Waals surface area contributed by atoms with E-state index in [1.54, 1.807) is 0 Å². The normalized spacial score (nSPS) is 19.0. The lowest BCUT2D eigenvalue weighted by atomic mass is 10.0. The van der Waals surface area contributed by atoms with Gasteiger partial charge >= 0.3 is 6.09 Å². The number of hydrogen-bond donors (Lipinski definition) is 0. The molecule has 1 unspecified atom stereocenters. The van der Waals surface area contributed by atoms with E-state index in [9.17, 15) is 9.59 Å². The van der Waals surface area contributed by atoms with E-state index in [2.05, 4.69) is 0 Å². The molecule has 116 valence electrons. The van der Waals surface area contributed by atoms with E-state index in [1.165, 1.54) is 12.8 Å². The topological polar surface area (TPSA) is 46.6 Å². The number of aldehydes is 1. The lowest BCUT2D eigenvalue weighted by Gasteiger charge is -2.36. The number of carbonyl (C=O) groups is 2. The summed E-state index contributed by atoms with van der Waals surface area (Å²) in [5.74, 6) is 0. The zero-order valence-electron chi connectivity index (χ0n) is 13.4. The maximum absolute atomic E-state index is 12.5. The van der Waals surface area contributed by atoms with E-state index >= 15 is 0 Å². The minimum atomic E-state index is -0.499. The van der Waals surface area contributed by atoms with E-state index in [0.717, 1.165) is 32.0 Å². The van der Waals surface area contributed by atoms with Crippen molar-refractivity contribution in [3.05, 3.63) is 0 Å². The summed E-state index contributed by atoms with van der Waals surface area (Å²) < 4.78 is 5.53. The maximum atomic E-state index is 12.5. The summed E-state index contributed by atoms with van der Waals surface area (Å²) in [5, 5.41) is 0. The third-order valence-electron chi connectivity index (χ3n) is 3.73. The molecule has 0 radical (unpaired) electrons. The van der Waals surface area contributed by atoms with Crippen LogP contribution in [0.15, 0.2) is 0 Å². The first-order valence-electron chi connectivity index (χ1n) is 7.80. The van der Waals surface area contributed by atoms with Crippen molar-refractivity contribution in [2.24, 2.45) is 0 Å². The van der Waals surface area contributed by atoms with Crippen LogP contribution in [0.2, 0.25) is 0 Å². The SMILES string of the molecule is CC(CC=O)N(C(=O)OC(C)(C)C)C1CCCCCC1. The summed E-state index contributed by atoms with van der Waals surface area (Å²) in [5.41, 5.74) is -0.499. The number of nitrogens with zero attached hydrogens (tertiary/aromatic N) is 1. The number of ether oxygens (including phenoxy) is 1. The van der Waals surface area contributed by atoms with Crippen LogP contribution in [0.1, 0.15) is 72.6 Å². The van der Waals surface area contributed by atoms with Crippen molar-refractivity contribution in [2.75, 3.05) is 0 Å². The molecule has 0 aromatic heterocycles. The number of amides is 1. The van der Waals surface area contributed by atoms with Crippen LogP contribution < -0.4 is 0 Å². The summed E-state index contributed by atoms with van der Waals surface area (Å²) >= 11 is 0. The first kappa shape index (κ1) is 17.0. The fourth-order valence-corrected chi connectivity index (χ4v) is 2.79. The van der Waals surface area contributed by atoms with Crippen molar-refractivity contribution in [3.8, 4) is 0 Å². The van der Waals surface area contributed by atoms with Gasteiger partial charge in [0.05, 0.1) is 0 Å². The molecule has 1 atom stereocenters. The first-order valence-corrected chi connectivity index (χ1v) is 7.80. The molecule has 0 aliphatic heterocycles. The van der Waals surface area contributed by atoms with Gasteiger partial charge in [-0.25, -0.2) is 4.79 Å². The highest BCUT2D eigenvalue weighted by atomic mass is 16.6. The molecule has 4 nitrogen and oxygen atoms in total. The van der Waals surface area contributed by atoms with E-state index in [-0.39, 0.29) is 18.2 Å². The average molecular weight is 283 g/mol. The molecule has 1 rings (SSSR count). The van der Waals surface area contributed by atoms with Crippen LogP contribution in [-0.2, 0) is 9.53 Å². The highest BCUT2D eigenvalue weighted by Crippen LogP contribution is 2.26. The molecule has 4 heteroatoms. The molecule has 1 amide bonds. The largest absolute Gasteiger partial charge is 0.444 e. The van der Waals surface area contributed by atoms with Crippen LogP contribution in [0.4, 0.5) is 4.79 Å². The van der Waals surface area contributed by atoms with Crippen molar-refractivity contribution >= 4 is 12.4 Å². The number of rotatable bonds is 4. The standard InChI is InChI=1S/C16H29NO3/c1-13(11-12-18)17(15(19)20-16(2,3)4)14-9-7-5-6-8-10-14/h12-14H,5-11H2,1-4H3. The van der Waals surface area contributed by atoms with Crippen molar-refractivity contribution in [1.82, 2.24) is 4.90 Å². The van der Waals surface area contributed by atoms with Gasteiger partial charge in [0.1, 0.15) is 11.9 Å². The maximum Gasteiger partial charge on any atom is 0.410 e. The van der Waals surface area contributed by atoms with Crippen molar-refractivity contribution in [2.45, 2.75) is 90.3 Å². The van der Waals surface area contributed by atoms with Crippen LogP contribution in [0.3, 0.4) is 0 Å². The van der Waals surface area contributed by atoms with E-state index in [0.29, 0.717) is 6.42 Å². The average Bonchev–Trinajstić information content (AvgIpc) is 2.56. The Labute approximate surface area is 122 Å². The van der Waals surface area contributed by atoms with Gasteiger partial charge in [0, 0.05) is 18.5 Å². The summed E-state index contributed by atoms with van der Waals surface area (Å²) in [6.45, 7) is 7.56. The Morgan fingerprint density at radius 3 is 2.25 bits per heavy atom. The predicted molar refractivity (Wildman–Crippen MR) is 79.7 cm³/mol. The molecule has 0 spiro atoms. The van der Waals surface area contributed by atoms with Gasteiger partial charge in [-0.15, -0.1) is 0 Å². The Balaban J connectivity index is 2.82. The van der Waals surface area contributed by atoms with Crippen LogP contribution in [0, 0.1) is 0 Å². The third-order valence-corrected chi connectivity index (χ3v) is 3.73. The summed E-state index contributed by atoms with van der Waals surface area (Å²) in [6, 6.07) is 0.118. The van der Waals surface area contributed by atoms with Gasteiger partial charge in [-0.2, -0.15) is 0 Å². The van der Waals surface area contributed by atoms with Crippen molar-refractivity contribution < 1.29 is 14.3 Å². The second-order valence-electron chi connectivity index (χ2n) is 6.78. The minimum Gasteiger partial charge on any atom is -0.444 e. The van der Waals surface area contributed by atoms with Crippen molar-refractivity contribution in [1.29, 1.82) is 0 Å². The van der Waals surface area contributed by atoms with Gasteiger partial charge in [-0.05, 0) is 40.5 Å². The molecule has 1 fully saturated rings. The van der Waals surface area contributed by atoms with Crippen molar-refractivity contribution in [3.63, 3.8) is 0 Å². The first-order chi connectivity index (χ1) is 9.35. The Morgan fingerprint density at radius 1 is 1.25 bits per heavy atom. The third kappa shape index (κ3) is 5.51. The van der Waals surface area contributed by atoms with Gasteiger partial charge in [-0.3, -0.25) is 0 Å². The molecule has 1 aliphatic carbocycles. The predicted octanol–water partition coefficient (Wildman–Crippen LogP) is 3.92. The summed E-state index contributed by atoms with van der Waals surface area (Å²) in [6.07, 6.45) is 7.79. The van der Waals surface area contributed by atoms with E-state index in [1.807, 2.05) is 32.6 Å². The van der Waals surface area contributed by atoms with Gasteiger partial charge in [0.25, 0.3) is 0 Å². The molecular weight excluding hydrogens is 254 g/mol. The molecule has 0 aromatic rings. The molecule has 0 aromatic carbocycles. The molecule has 0 bridgehead atoms. The van der Waals surface area contributed by atoms with Gasteiger partial charge in [0.15, 0.2) is 0 Å². The lowest BCUT2D eigenvalue weighted by molar-refractivity contribution is -0.108.